The fourth-order valence-electron chi connectivity index (χ4n) is 4.82. The van der Waals surface area contributed by atoms with Gasteiger partial charge in [-0.05, 0) is 24.7 Å². The summed E-state index contributed by atoms with van der Waals surface area (Å²) in [5.41, 5.74) is 11.6. The third kappa shape index (κ3) is 4.92. The van der Waals surface area contributed by atoms with Crippen LogP contribution >= 0.6 is 0 Å². The van der Waals surface area contributed by atoms with Gasteiger partial charge in [0.05, 0.1) is 24.4 Å². The number of hydrogen-bond acceptors (Lipinski definition) is 11. The van der Waals surface area contributed by atoms with Crippen molar-refractivity contribution in [3.05, 3.63) is 0 Å². The van der Waals surface area contributed by atoms with Crippen LogP contribution < -0.4 is 11.5 Å². The lowest BCUT2D eigenvalue weighted by Crippen LogP contribution is -2.64. The number of rotatable bonds is 6. The van der Waals surface area contributed by atoms with Crippen molar-refractivity contribution in [3.8, 4) is 0 Å². The molecule has 3 aliphatic rings. The van der Waals surface area contributed by atoms with E-state index in [2.05, 4.69) is 0 Å². The monoisotopic (exact) mass is 450 g/mol. The van der Waals surface area contributed by atoms with Gasteiger partial charge >= 0.3 is 0 Å². The molecule has 0 aromatic carbocycles. The summed E-state index contributed by atoms with van der Waals surface area (Å²) in [6.07, 6.45) is -10.0. The molecular formula is C20H38N2O9. The topological polar surface area (TPSA) is 190 Å². The SMILES string of the molecule is CCC1O[C@H](O[C@@H]2C(C)C[C@@H](C)[C@@H](O)C2O[C@@H]2O[C@H](CN)C(O)[C@@H]2O)C(N)[C@@H](O)[C@@H]1O. The maximum atomic E-state index is 10.9. The molecule has 1 saturated carbocycles. The molecule has 2 saturated heterocycles. The summed E-state index contributed by atoms with van der Waals surface area (Å²) in [4.78, 5) is 0. The number of aliphatic hydroxyl groups is 5. The summed E-state index contributed by atoms with van der Waals surface area (Å²) < 4.78 is 23.4. The molecule has 3 fully saturated rings. The molecule has 182 valence electrons. The van der Waals surface area contributed by atoms with E-state index in [0.717, 1.165) is 0 Å². The fourth-order valence-corrected chi connectivity index (χ4v) is 4.82. The van der Waals surface area contributed by atoms with E-state index in [0.29, 0.717) is 12.8 Å². The van der Waals surface area contributed by atoms with Gasteiger partial charge in [0, 0.05) is 6.54 Å². The predicted octanol–water partition coefficient (Wildman–Crippen LogP) is -2.62. The molecule has 1 aliphatic carbocycles. The molecule has 0 amide bonds. The molecule has 0 spiro atoms. The maximum absolute atomic E-state index is 10.9. The van der Waals surface area contributed by atoms with Crippen LogP contribution in [0.25, 0.3) is 0 Å². The lowest BCUT2D eigenvalue weighted by molar-refractivity contribution is -0.314. The molecule has 14 atom stereocenters. The molecule has 5 unspecified atom stereocenters. The molecule has 11 heteroatoms. The van der Waals surface area contributed by atoms with Crippen molar-refractivity contribution in [2.24, 2.45) is 23.3 Å². The minimum absolute atomic E-state index is 0.00142. The van der Waals surface area contributed by atoms with Gasteiger partial charge < -0.3 is 55.9 Å². The first-order valence-electron chi connectivity index (χ1n) is 11.1. The maximum Gasteiger partial charge on any atom is 0.187 e. The van der Waals surface area contributed by atoms with Crippen LogP contribution in [0.3, 0.4) is 0 Å². The van der Waals surface area contributed by atoms with E-state index in [1.807, 2.05) is 20.8 Å². The molecule has 9 N–H and O–H groups in total. The van der Waals surface area contributed by atoms with E-state index >= 15 is 0 Å². The largest absolute Gasteiger partial charge is 0.390 e. The molecule has 2 heterocycles. The first kappa shape index (κ1) is 25.2. The highest BCUT2D eigenvalue weighted by atomic mass is 16.7. The van der Waals surface area contributed by atoms with Crippen molar-refractivity contribution in [3.63, 3.8) is 0 Å². The van der Waals surface area contributed by atoms with Gasteiger partial charge in [0.25, 0.3) is 0 Å². The predicted molar refractivity (Wildman–Crippen MR) is 107 cm³/mol. The van der Waals surface area contributed by atoms with Gasteiger partial charge in [0.15, 0.2) is 12.6 Å². The minimum atomic E-state index is -1.33. The summed E-state index contributed by atoms with van der Waals surface area (Å²) in [6.45, 7) is 5.63. The molecule has 0 aromatic heterocycles. The van der Waals surface area contributed by atoms with Gasteiger partial charge in [-0.2, -0.15) is 0 Å². The lowest BCUT2D eigenvalue weighted by atomic mass is 9.77. The molecule has 0 bridgehead atoms. The van der Waals surface area contributed by atoms with Gasteiger partial charge in [-0.1, -0.05) is 20.8 Å². The van der Waals surface area contributed by atoms with Crippen molar-refractivity contribution in [2.75, 3.05) is 6.54 Å². The Morgan fingerprint density at radius 2 is 1.35 bits per heavy atom. The Morgan fingerprint density at radius 1 is 0.774 bits per heavy atom. The van der Waals surface area contributed by atoms with E-state index in [4.69, 9.17) is 30.4 Å². The van der Waals surface area contributed by atoms with Gasteiger partial charge in [0.2, 0.25) is 0 Å². The Kier molecular flexibility index (Phi) is 8.31. The Bertz CT molecular complexity index is 585. The number of aliphatic hydroxyl groups excluding tert-OH is 5. The van der Waals surface area contributed by atoms with Crippen LogP contribution in [-0.2, 0) is 18.9 Å². The molecule has 2 aliphatic heterocycles. The Morgan fingerprint density at radius 3 is 1.94 bits per heavy atom. The van der Waals surface area contributed by atoms with Crippen LogP contribution in [0.1, 0.15) is 33.6 Å². The summed E-state index contributed by atoms with van der Waals surface area (Å²) in [6, 6.07) is -1.00. The zero-order chi connectivity index (χ0) is 23.0. The number of ether oxygens (including phenoxy) is 4. The van der Waals surface area contributed by atoms with Crippen LogP contribution in [0.4, 0.5) is 0 Å². The van der Waals surface area contributed by atoms with E-state index < -0.39 is 73.6 Å². The third-order valence-corrected chi connectivity index (χ3v) is 6.83. The van der Waals surface area contributed by atoms with E-state index in [-0.39, 0.29) is 18.4 Å². The van der Waals surface area contributed by atoms with Crippen LogP contribution in [0.15, 0.2) is 0 Å². The van der Waals surface area contributed by atoms with E-state index in [1.54, 1.807) is 0 Å². The van der Waals surface area contributed by atoms with Gasteiger partial charge in [0.1, 0.15) is 36.6 Å². The second-order valence-corrected chi connectivity index (χ2v) is 9.15. The molecule has 0 radical (unpaired) electrons. The second kappa shape index (κ2) is 10.2. The van der Waals surface area contributed by atoms with Crippen molar-refractivity contribution in [2.45, 2.75) is 107 Å². The molecular weight excluding hydrogens is 412 g/mol. The smallest absolute Gasteiger partial charge is 0.187 e. The second-order valence-electron chi connectivity index (χ2n) is 9.15. The Balaban J connectivity index is 1.78. The zero-order valence-corrected chi connectivity index (χ0v) is 18.2. The highest BCUT2D eigenvalue weighted by Gasteiger charge is 2.51. The quantitative estimate of drug-likeness (QED) is 0.224. The van der Waals surface area contributed by atoms with Crippen molar-refractivity contribution < 1.29 is 44.5 Å². The van der Waals surface area contributed by atoms with E-state index in [1.165, 1.54) is 0 Å². The standard InChI is InChI=1S/C20H38N2O9/c1-4-9-13(24)15(26)11(22)19(28-9)30-17-8(3)5-7(2)12(23)18(17)31-20-16(27)14(25)10(6-21)29-20/h7-20,23-27H,4-6,21-22H2,1-3H3/t7-,8?,9?,10-,11?,12-,13-,14?,15-,16+,17-,18?,19-,20+/m1/s1. The van der Waals surface area contributed by atoms with E-state index in [9.17, 15) is 25.5 Å². The summed E-state index contributed by atoms with van der Waals surface area (Å²) >= 11 is 0. The fraction of sp³-hybridized carbons (Fsp3) is 1.00. The highest BCUT2D eigenvalue weighted by Crippen LogP contribution is 2.37. The van der Waals surface area contributed by atoms with Crippen LogP contribution in [0.5, 0.6) is 0 Å². The summed E-state index contributed by atoms with van der Waals surface area (Å²) in [7, 11) is 0. The summed E-state index contributed by atoms with van der Waals surface area (Å²) in [5, 5.41) is 51.7. The summed E-state index contributed by atoms with van der Waals surface area (Å²) in [5.74, 6) is -0.206. The Labute approximate surface area is 182 Å². The minimum Gasteiger partial charge on any atom is -0.390 e. The number of nitrogens with two attached hydrogens (primary N) is 2. The third-order valence-electron chi connectivity index (χ3n) is 6.83. The number of hydrogen-bond donors (Lipinski definition) is 7. The molecule has 0 aromatic rings. The van der Waals surface area contributed by atoms with Crippen LogP contribution in [-0.4, -0.2) is 106 Å². The first-order valence-corrected chi connectivity index (χ1v) is 11.1. The molecule has 3 rings (SSSR count). The first-order chi connectivity index (χ1) is 14.6. The van der Waals surface area contributed by atoms with Crippen LogP contribution in [0.2, 0.25) is 0 Å². The van der Waals surface area contributed by atoms with Crippen molar-refractivity contribution >= 4 is 0 Å². The average molecular weight is 451 g/mol. The lowest BCUT2D eigenvalue weighted by Gasteiger charge is -2.47. The highest BCUT2D eigenvalue weighted by molar-refractivity contribution is 4.97. The van der Waals surface area contributed by atoms with Crippen molar-refractivity contribution in [1.29, 1.82) is 0 Å². The van der Waals surface area contributed by atoms with Crippen LogP contribution in [0, 0.1) is 11.8 Å². The Hall–Kier alpha value is -0.440. The van der Waals surface area contributed by atoms with Gasteiger partial charge in [-0.15, -0.1) is 0 Å². The zero-order valence-electron chi connectivity index (χ0n) is 18.2. The molecule has 11 nitrogen and oxygen atoms in total. The van der Waals surface area contributed by atoms with Gasteiger partial charge in [-0.3, -0.25) is 0 Å². The van der Waals surface area contributed by atoms with Gasteiger partial charge in [-0.25, -0.2) is 0 Å². The van der Waals surface area contributed by atoms with Crippen molar-refractivity contribution in [1.82, 2.24) is 0 Å². The molecule has 31 heavy (non-hydrogen) atoms. The average Bonchev–Trinajstić information content (AvgIpc) is 3.02. The normalized spacial score (nSPS) is 53.6.